The van der Waals surface area contributed by atoms with Gasteiger partial charge in [-0.15, -0.1) is 0 Å². The van der Waals surface area contributed by atoms with Crippen molar-refractivity contribution in [3.63, 3.8) is 0 Å². The lowest BCUT2D eigenvalue weighted by Gasteiger charge is -2.41. The number of hydrogen-bond donors (Lipinski definition) is 2. The lowest BCUT2D eigenvalue weighted by atomic mass is 9.81. The molecule has 11 nitrogen and oxygen atoms in total. The molecule has 216 valence electrons. The maximum absolute atomic E-state index is 13.2. The van der Waals surface area contributed by atoms with Crippen LogP contribution in [0.1, 0.15) is 77.5 Å². The van der Waals surface area contributed by atoms with Crippen LogP contribution >= 0.6 is 0 Å². The van der Waals surface area contributed by atoms with Crippen LogP contribution in [0.4, 0.5) is 15.4 Å². The third-order valence-corrected chi connectivity index (χ3v) is 7.35. The highest BCUT2D eigenvalue weighted by Gasteiger charge is 2.40. The number of allylic oxidation sites excluding steroid dienone is 3. The van der Waals surface area contributed by atoms with Crippen LogP contribution in [0.5, 0.6) is 0 Å². The predicted octanol–water partition coefficient (Wildman–Crippen LogP) is 3.87. The van der Waals surface area contributed by atoms with E-state index in [-0.39, 0.29) is 18.5 Å². The second kappa shape index (κ2) is 11.8. The molecule has 1 fully saturated rings. The number of rotatable bonds is 5. The number of anilines is 1. The Bertz CT molecular complexity index is 1230. The number of ether oxygens (including phenoxy) is 2. The minimum absolute atomic E-state index is 0.0911. The Morgan fingerprint density at radius 3 is 2.70 bits per heavy atom. The number of hydrogen-bond acceptors (Lipinski definition) is 8. The average molecular weight is 552 g/mol. The number of nitriles is 1. The third-order valence-electron chi connectivity index (χ3n) is 7.35. The van der Waals surface area contributed by atoms with E-state index in [9.17, 15) is 14.9 Å². The van der Waals surface area contributed by atoms with Gasteiger partial charge < -0.3 is 25.0 Å². The third kappa shape index (κ3) is 6.39. The van der Waals surface area contributed by atoms with Crippen molar-refractivity contribution in [1.82, 2.24) is 25.5 Å². The first-order valence-corrected chi connectivity index (χ1v) is 14.0. The highest BCUT2D eigenvalue weighted by Crippen LogP contribution is 2.40. The molecule has 2 aliphatic heterocycles. The lowest BCUT2D eigenvalue weighted by molar-refractivity contribution is 0.0140. The average Bonchev–Trinajstić information content (AvgIpc) is 2.89. The Hall–Kier alpha value is -3.65. The molecule has 2 N–H and O–H groups in total. The van der Waals surface area contributed by atoms with Crippen LogP contribution in [0.3, 0.4) is 0 Å². The van der Waals surface area contributed by atoms with E-state index in [4.69, 9.17) is 19.4 Å². The van der Waals surface area contributed by atoms with E-state index in [2.05, 4.69) is 35.5 Å². The topological polar surface area (TPSA) is 133 Å². The van der Waals surface area contributed by atoms with Gasteiger partial charge >= 0.3 is 12.1 Å². The van der Waals surface area contributed by atoms with Gasteiger partial charge in [0.2, 0.25) is 0 Å². The van der Waals surface area contributed by atoms with Crippen LogP contribution in [0.2, 0.25) is 0 Å². The van der Waals surface area contributed by atoms with Gasteiger partial charge in [-0.05, 0) is 60.5 Å². The standard InChI is InChI=1S/C29H41N7O4/c1-7-31-26(37)32-20-8-12-29(6,13-9-20)25-33-23-21(24(34-25)35-16-17-39-18-19(35)2)11-15-36(22(23)10-14-30)27(38)40-28(3,4)5/h8-9,12,19,22H,7,10-11,13,15-18H2,1-6H3,(H2,31,32,37)/t19-,22-,29?/m0/s1. The first-order chi connectivity index (χ1) is 19.0. The normalized spacial score (nSPS) is 24.5. The van der Waals surface area contributed by atoms with Gasteiger partial charge in [0, 0.05) is 36.3 Å². The van der Waals surface area contributed by atoms with Crippen LogP contribution in [-0.4, -0.2) is 71.5 Å². The van der Waals surface area contributed by atoms with E-state index >= 15 is 0 Å². The van der Waals surface area contributed by atoms with Gasteiger partial charge in [0.05, 0.1) is 43.5 Å². The summed E-state index contributed by atoms with van der Waals surface area (Å²) in [5.41, 5.74) is 1.16. The molecule has 0 spiro atoms. The molecule has 1 aromatic rings. The molecular weight excluding hydrogens is 510 g/mol. The summed E-state index contributed by atoms with van der Waals surface area (Å²) in [6, 6.07) is 1.57. The highest BCUT2D eigenvalue weighted by atomic mass is 16.6. The predicted molar refractivity (Wildman–Crippen MR) is 151 cm³/mol. The zero-order chi connectivity index (χ0) is 29.1. The number of carbonyl (C=O) groups excluding carboxylic acids is 2. The molecule has 1 aliphatic carbocycles. The van der Waals surface area contributed by atoms with E-state index < -0.39 is 23.2 Å². The van der Waals surface area contributed by atoms with Gasteiger partial charge in [-0.3, -0.25) is 4.90 Å². The van der Waals surface area contributed by atoms with E-state index in [0.29, 0.717) is 62.9 Å². The second-order valence-corrected chi connectivity index (χ2v) is 11.8. The quantitative estimate of drug-likeness (QED) is 0.564. The van der Waals surface area contributed by atoms with Gasteiger partial charge in [-0.25, -0.2) is 19.6 Å². The molecule has 3 atom stereocenters. The van der Waals surface area contributed by atoms with Crippen molar-refractivity contribution in [3.05, 3.63) is 41.0 Å². The molecule has 3 heterocycles. The molecule has 0 aromatic carbocycles. The fraction of sp³-hybridized carbons (Fsp3) is 0.621. The zero-order valence-electron chi connectivity index (χ0n) is 24.4. The fourth-order valence-corrected chi connectivity index (χ4v) is 5.23. The van der Waals surface area contributed by atoms with Crippen LogP contribution in [0.15, 0.2) is 23.9 Å². The van der Waals surface area contributed by atoms with E-state index in [1.54, 1.807) is 4.90 Å². The number of urea groups is 1. The van der Waals surface area contributed by atoms with Gasteiger partial charge in [-0.1, -0.05) is 12.2 Å². The summed E-state index contributed by atoms with van der Waals surface area (Å²) in [5.74, 6) is 1.45. The first-order valence-electron chi connectivity index (χ1n) is 14.0. The maximum atomic E-state index is 13.2. The lowest BCUT2D eigenvalue weighted by Crippen LogP contribution is -2.47. The van der Waals surface area contributed by atoms with Crippen molar-refractivity contribution >= 4 is 17.9 Å². The number of morpholine rings is 1. The Morgan fingerprint density at radius 1 is 1.30 bits per heavy atom. The van der Waals surface area contributed by atoms with Crippen molar-refractivity contribution < 1.29 is 19.1 Å². The Kier molecular flexibility index (Phi) is 8.68. The summed E-state index contributed by atoms with van der Waals surface area (Å²) < 4.78 is 11.4. The minimum atomic E-state index is -0.660. The van der Waals surface area contributed by atoms with E-state index in [1.807, 2.05) is 45.9 Å². The van der Waals surface area contributed by atoms with Gasteiger partial charge in [0.25, 0.3) is 0 Å². The summed E-state index contributed by atoms with van der Waals surface area (Å²) in [5, 5.41) is 15.4. The Labute approximate surface area is 236 Å². The second-order valence-electron chi connectivity index (χ2n) is 11.8. The van der Waals surface area contributed by atoms with E-state index in [1.165, 1.54) is 0 Å². The van der Waals surface area contributed by atoms with Crippen LogP contribution in [-0.2, 0) is 21.3 Å². The molecule has 0 saturated carbocycles. The van der Waals surface area contributed by atoms with Crippen molar-refractivity contribution in [2.24, 2.45) is 0 Å². The van der Waals surface area contributed by atoms with Crippen LogP contribution in [0, 0.1) is 11.3 Å². The number of carbonyl (C=O) groups is 2. The summed E-state index contributed by atoms with van der Waals surface area (Å²) in [4.78, 5) is 39.4. The number of nitrogens with zero attached hydrogens (tertiary/aromatic N) is 5. The number of amides is 3. The van der Waals surface area contributed by atoms with Crippen LogP contribution < -0.4 is 15.5 Å². The fourth-order valence-electron chi connectivity index (χ4n) is 5.23. The smallest absolute Gasteiger partial charge is 0.410 e. The van der Waals surface area contributed by atoms with Crippen molar-refractivity contribution in [1.29, 1.82) is 5.26 Å². The van der Waals surface area contributed by atoms with Crippen LogP contribution in [0.25, 0.3) is 0 Å². The number of fused-ring (bicyclic) bond motifs is 1. The Morgan fingerprint density at radius 2 is 2.08 bits per heavy atom. The molecule has 0 bridgehead atoms. The molecule has 3 aliphatic rings. The molecule has 4 rings (SSSR count). The molecule has 3 amide bonds. The molecule has 0 radical (unpaired) electrons. The highest BCUT2D eigenvalue weighted by molar-refractivity contribution is 5.76. The minimum Gasteiger partial charge on any atom is -0.444 e. The first kappa shape index (κ1) is 29.3. The van der Waals surface area contributed by atoms with Gasteiger partial charge in [0.15, 0.2) is 0 Å². The maximum Gasteiger partial charge on any atom is 0.410 e. The number of nitrogens with one attached hydrogen (secondary N) is 2. The number of aromatic nitrogens is 2. The van der Waals surface area contributed by atoms with Crippen molar-refractivity contribution in [3.8, 4) is 6.07 Å². The zero-order valence-corrected chi connectivity index (χ0v) is 24.4. The monoisotopic (exact) mass is 551 g/mol. The van der Waals surface area contributed by atoms with Crippen molar-refractivity contribution in [2.45, 2.75) is 83.9 Å². The largest absolute Gasteiger partial charge is 0.444 e. The van der Waals surface area contributed by atoms with E-state index in [0.717, 1.165) is 11.4 Å². The molecular formula is C29H41N7O4. The summed E-state index contributed by atoms with van der Waals surface area (Å²) >= 11 is 0. The van der Waals surface area contributed by atoms with Gasteiger partial charge in [0.1, 0.15) is 17.2 Å². The van der Waals surface area contributed by atoms with Gasteiger partial charge in [-0.2, -0.15) is 5.26 Å². The molecule has 1 saturated heterocycles. The molecule has 40 heavy (non-hydrogen) atoms. The summed E-state index contributed by atoms with van der Waals surface area (Å²) in [6.07, 6.45) is 6.62. The SMILES string of the molecule is CCNC(=O)NC1=CCC(C)(c2nc3c(c(N4CCOC[C@@H]4C)n2)CCN(C(=O)OC(C)(C)C)[C@H]3CC#N)C=C1. The molecule has 1 unspecified atom stereocenters. The Balaban J connectivity index is 1.76. The molecule has 11 heteroatoms. The van der Waals surface area contributed by atoms with Crippen molar-refractivity contribution in [2.75, 3.05) is 37.7 Å². The summed E-state index contributed by atoms with van der Waals surface area (Å²) in [7, 11) is 0. The summed E-state index contributed by atoms with van der Waals surface area (Å²) in [6.45, 7) is 14.4. The molecule has 1 aromatic heterocycles.